The summed E-state index contributed by atoms with van der Waals surface area (Å²) < 4.78 is 10.9. The summed E-state index contributed by atoms with van der Waals surface area (Å²) in [6.07, 6.45) is -2.38. The van der Waals surface area contributed by atoms with Gasteiger partial charge in [-0.25, -0.2) is 9.69 Å². The molecule has 1 aliphatic heterocycles. The Bertz CT molecular complexity index is 1430. The standard InChI is InChI=1S/C29H28N2O7/c1-28(2,3)38-27(34)30-22-13-9-8-12-21(22)29(26(30)33,17-10-6-5-7-11-17)23-19-15-14-18(37-4)16-20(19)25(32)24(23)31(35)36/h5-16,23-25,32H,1-4H3/t23-,24-,25+,29+/m0/s1. The van der Waals surface area contributed by atoms with Gasteiger partial charge in [0.05, 0.1) is 18.7 Å². The monoisotopic (exact) mass is 516 g/mol. The maximum absolute atomic E-state index is 14.7. The van der Waals surface area contributed by atoms with E-state index in [9.17, 15) is 24.8 Å². The minimum absolute atomic E-state index is 0.286. The van der Waals surface area contributed by atoms with E-state index in [4.69, 9.17) is 9.47 Å². The molecule has 1 aliphatic carbocycles. The Morgan fingerprint density at radius 3 is 2.32 bits per heavy atom. The molecule has 0 saturated heterocycles. The summed E-state index contributed by atoms with van der Waals surface area (Å²) in [7, 11) is 1.46. The number of para-hydroxylation sites is 1. The van der Waals surface area contributed by atoms with Crippen molar-refractivity contribution < 1.29 is 29.1 Å². The number of anilines is 1. The third kappa shape index (κ3) is 3.65. The van der Waals surface area contributed by atoms with Crippen LogP contribution >= 0.6 is 0 Å². The fourth-order valence-corrected chi connectivity index (χ4v) is 5.85. The number of hydrogen-bond donors (Lipinski definition) is 1. The molecule has 1 N–H and O–H groups in total. The molecule has 0 radical (unpaired) electrons. The van der Waals surface area contributed by atoms with Gasteiger partial charge in [-0.3, -0.25) is 14.9 Å². The van der Waals surface area contributed by atoms with Crippen molar-refractivity contribution in [3.05, 3.63) is 105 Å². The van der Waals surface area contributed by atoms with Crippen LogP contribution in [0.25, 0.3) is 0 Å². The zero-order chi connectivity index (χ0) is 27.4. The van der Waals surface area contributed by atoms with Gasteiger partial charge in [0.25, 0.3) is 11.9 Å². The lowest BCUT2D eigenvalue weighted by atomic mass is 9.63. The average Bonchev–Trinajstić information content (AvgIpc) is 3.31. The topological polar surface area (TPSA) is 119 Å². The summed E-state index contributed by atoms with van der Waals surface area (Å²) in [5.74, 6) is -1.39. The minimum Gasteiger partial charge on any atom is -0.497 e. The number of hydrogen-bond acceptors (Lipinski definition) is 7. The summed E-state index contributed by atoms with van der Waals surface area (Å²) in [6, 6.07) is 18.7. The molecule has 0 aromatic heterocycles. The number of nitro groups is 1. The first-order valence-electron chi connectivity index (χ1n) is 12.2. The van der Waals surface area contributed by atoms with Crippen LogP contribution in [-0.4, -0.2) is 40.8 Å². The molecule has 0 fully saturated rings. The van der Waals surface area contributed by atoms with Gasteiger partial charge >= 0.3 is 6.09 Å². The van der Waals surface area contributed by atoms with E-state index in [0.717, 1.165) is 4.90 Å². The molecule has 196 valence electrons. The first-order chi connectivity index (χ1) is 18.0. The van der Waals surface area contributed by atoms with Crippen molar-refractivity contribution in [2.75, 3.05) is 12.0 Å². The van der Waals surface area contributed by atoms with Crippen molar-refractivity contribution in [2.24, 2.45) is 0 Å². The number of aliphatic hydroxyl groups excluding tert-OH is 1. The van der Waals surface area contributed by atoms with Gasteiger partial charge < -0.3 is 14.6 Å². The fraction of sp³-hybridized carbons (Fsp3) is 0.310. The van der Waals surface area contributed by atoms with E-state index in [2.05, 4.69) is 0 Å². The number of methoxy groups -OCH3 is 1. The molecule has 0 unspecified atom stereocenters. The van der Waals surface area contributed by atoms with E-state index >= 15 is 0 Å². The number of aliphatic hydroxyl groups is 1. The van der Waals surface area contributed by atoms with E-state index in [1.165, 1.54) is 7.11 Å². The molecule has 4 atom stereocenters. The van der Waals surface area contributed by atoms with E-state index in [-0.39, 0.29) is 5.69 Å². The SMILES string of the molecule is COc1ccc2c(c1)[C@@H](O)[C@@H]([N+](=O)[O-])[C@H]2[C@]1(c2ccccc2)C(=O)N(C(=O)OC(C)(C)C)c2ccccc21. The van der Waals surface area contributed by atoms with Crippen molar-refractivity contribution in [1.29, 1.82) is 0 Å². The van der Waals surface area contributed by atoms with Crippen molar-refractivity contribution in [2.45, 2.75) is 49.9 Å². The predicted molar refractivity (Wildman–Crippen MR) is 139 cm³/mol. The Hall–Kier alpha value is -4.24. The third-order valence-electron chi connectivity index (χ3n) is 7.24. The maximum Gasteiger partial charge on any atom is 0.421 e. The Morgan fingerprint density at radius 2 is 1.68 bits per heavy atom. The maximum atomic E-state index is 14.7. The Labute approximate surface area is 219 Å². The molecule has 5 rings (SSSR count). The second-order valence-electron chi connectivity index (χ2n) is 10.5. The molecule has 0 bridgehead atoms. The summed E-state index contributed by atoms with van der Waals surface area (Å²) >= 11 is 0. The fourth-order valence-electron chi connectivity index (χ4n) is 5.85. The molecule has 3 aromatic carbocycles. The number of imide groups is 1. The lowest BCUT2D eigenvalue weighted by Gasteiger charge is -2.36. The van der Waals surface area contributed by atoms with Crippen LogP contribution in [-0.2, 0) is 14.9 Å². The highest BCUT2D eigenvalue weighted by molar-refractivity contribution is 6.23. The lowest BCUT2D eigenvalue weighted by Crippen LogP contribution is -2.51. The Kier molecular flexibility index (Phi) is 5.99. The number of fused-ring (bicyclic) bond motifs is 2. The smallest absolute Gasteiger partial charge is 0.421 e. The van der Waals surface area contributed by atoms with Crippen molar-refractivity contribution in [3.8, 4) is 5.75 Å². The Balaban J connectivity index is 1.85. The van der Waals surface area contributed by atoms with Crippen LogP contribution in [0.1, 0.15) is 55.0 Å². The van der Waals surface area contributed by atoms with Crippen LogP contribution in [0.4, 0.5) is 10.5 Å². The number of ether oxygens (including phenoxy) is 2. The normalized spacial score (nSPS) is 24.1. The van der Waals surface area contributed by atoms with Gasteiger partial charge in [-0.2, -0.15) is 0 Å². The highest BCUT2D eigenvalue weighted by atomic mass is 16.6. The van der Waals surface area contributed by atoms with Crippen molar-refractivity contribution in [3.63, 3.8) is 0 Å². The molecular weight excluding hydrogens is 488 g/mol. The van der Waals surface area contributed by atoms with Gasteiger partial charge in [0.2, 0.25) is 0 Å². The molecule has 1 heterocycles. The average molecular weight is 517 g/mol. The van der Waals surface area contributed by atoms with E-state index in [0.29, 0.717) is 28.0 Å². The van der Waals surface area contributed by atoms with E-state index in [1.54, 1.807) is 93.6 Å². The molecule has 9 nitrogen and oxygen atoms in total. The summed E-state index contributed by atoms with van der Waals surface area (Å²) in [5, 5.41) is 23.9. The van der Waals surface area contributed by atoms with Crippen molar-refractivity contribution in [1.82, 2.24) is 0 Å². The zero-order valence-electron chi connectivity index (χ0n) is 21.5. The molecule has 38 heavy (non-hydrogen) atoms. The van der Waals surface area contributed by atoms with Crippen LogP contribution in [0.2, 0.25) is 0 Å². The second-order valence-corrected chi connectivity index (χ2v) is 10.5. The third-order valence-corrected chi connectivity index (χ3v) is 7.24. The van der Waals surface area contributed by atoms with Crippen LogP contribution in [0.15, 0.2) is 72.8 Å². The van der Waals surface area contributed by atoms with Gasteiger partial charge in [0.15, 0.2) is 0 Å². The molecule has 0 spiro atoms. The number of benzene rings is 3. The molecule has 9 heteroatoms. The first-order valence-corrected chi connectivity index (χ1v) is 12.2. The van der Waals surface area contributed by atoms with Crippen LogP contribution in [0.5, 0.6) is 5.75 Å². The van der Waals surface area contributed by atoms with Crippen LogP contribution in [0.3, 0.4) is 0 Å². The first kappa shape index (κ1) is 25.4. The molecule has 0 saturated carbocycles. The van der Waals surface area contributed by atoms with Crippen LogP contribution in [0, 0.1) is 10.1 Å². The second kappa shape index (κ2) is 8.95. The highest BCUT2D eigenvalue weighted by Crippen LogP contribution is 2.60. The molecule has 3 aromatic rings. The number of nitrogens with zero attached hydrogens (tertiary/aromatic N) is 2. The van der Waals surface area contributed by atoms with Crippen molar-refractivity contribution >= 4 is 17.7 Å². The summed E-state index contributed by atoms with van der Waals surface area (Å²) in [6.45, 7) is 5.09. The number of carbonyl (C=O) groups is 2. The number of rotatable bonds is 4. The van der Waals surface area contributed by atoms with Gasteiger partial charge in [0.1, 0.15) is 22.9 Å². The molecule has 2 amide bonds. The van der Waals surface area contributed by atoms with Gasteiger partial charge in [-0.05, 0) is 61.2 Å². The summed E-state index contributed by atoms with van der Waals surface area (Å²) in [5.41, 5.74) is -0.654. The Morgan fingerprint density at radius 1 is 1.03 bits per heavy atom. The molecular formula is C29H28N2O7. The largest absolute Gasteiger partial charge is 0.497 e. The number of carbonyl (C=O) groups excluding carboxylic acids is 2. The van der Waals surface area contributed by atoms with Crippen LogP contribution < -0.4 is 9.64 Å². The van der Waals surface area contributed by atoms with Gasteiger partial charge in [-0.15, -0.1) is 0 Å². The number of amides is 2. The van der Waals surface area contributed by atoms with E-state index in [1.807, 2.05) is 0 Å². The van der Waals surface area contributed by atoms with E-state index < -0.39 is 46.0 Å². The quantitative estimate of drug-likeness (QED) is 0.393. The zero-order valence-corrected chi connectivity index (χ0v) is 21.5. The minimum atomic E-state index is -1.70. The highest BCUT2D eigenvalue weighted by Gasteiger charge is 2.67. The molecule has 2 aliphatic rings. The van der Waals surface area contributed by atoms with Gasteiger partial charge in [-0.1, -0.05) is 54.6 Å². The van der Waals surface area contributed by atoms with Gasteiger partial charge in [0, 0.05) is 4.92 Å². The predicted octanol–water partition coefficient (Wildman–Crippen LogP) is 4.74. The summed E-state index contributed by atoms with van der Waals surface area (Å²) in [4.78, 5) is 41.2. The lowest BCUT2D eigenvalue weighted by molar-refractivity contribution is -0.538.